The molecular formula is C11H13NO5. The van der Waals surface area contributed by atoms with Gasteiger partial charge in [-0.05, 0) is 19.1 Å². The molecule has 1 atom stereocenters. The topological polar surface area (TPSA) is 98.1 Å². The molecule has 0 radical (unpaired) electrons. The molecule has 17 heavy (non-hydrogen) atoms. The number of aliphatic carboxylic acids is 1. The molecule has 6 heteroatoms. The van der Waals surface area contributed by atoms with Gasteiger partial charge in [0.15, 0.2) is 0 Å². The molecule has 0 aliphatic carbocycles. The minimum Gasteiger partial charge on any atom is -0.508 e. The van der Waals surface area contributed by atoms with Gasteiger partial charge in [0.25, 0.3) is 5.91 Å². The van der Waals surface area contributed by atoms with Gasteiger partial charge in [-0.2, -0.15) is 0 Å². The summed E-state index contributed by atoms with van der Waals surface area (Å²) in [5.41, 5.74) is 0.0260. The Balaban J connectivity index is 3.00. The Morgan fingerprint density at radius 2 is 1.65 bits per heavy atom. The van der Waals surface area contributed by atoms with Gasteiger partial charge in [0.2, 0.25) is 0 Å². The van der Waals surface area contributed by atoms with E-state index in [-0.39, 0.29) is 17.1 Å². The number of aromatic hydroxyl groups is 2. The van der Waals surface area contributed by atoms with Crippen LogP contribution in [0.1, 0.15) is 17.3 Å². The molecule has 1 amide bonds. The van der Waals surface area contributed by atoms with Gasteiger partial charge >= 0.3 is 5.97 Å². The first kappa shape index (κ1) is 12.8. The fourth-order valence-electron chi connectivity index (χ4n) is 1.26. The van der Waals surface area contributed by atoms with Gasteiger partial charge in [0, 0.05) is 18.7 Å². The summed E-state index contributed by atoms with van der Waals surface area (Å²) in [6, 6.07) is 2.41. The third-order valence-corrected chi connectivity index (χ3v) is 2.41. The van der Waals surface area contributed by atoms with E-state index in [2.05, 4.69) is 0 Å². The van der Waals surface area contributed by atoms with Crippen molar-refractivity contribution in [3.8, 4) is 11.5 Å². The van der Waals surface area contributed by atoms with Gasteiger partial charge in [0.1, 0.15) is 17.5 Å². The van der Waals surface area contributed by atoms with Crippen molar-refractivity contribution in [2.24, 2.45) is 0 Å². The third kappa shape index (κ3) is 2.87. The SMILES string of the molecule is CC(C(=O)O)N(C)C(=O)c1cc(O)cc(O)c1. The van der Waals surface area contributed by atoms with Crippen LogP contribution in [0, 0.1) is 0 Å². The monoisotopic (exact) mass is 239 g/mol. The molecule has 1 aromatic rings. The number of hydrogen-bond donors (Lipinski definition) is 3. The second kappa shape index (κ2) is 4.73. The summed E-state index contributed by atoms with van der Waals surface area (Å²) in [6.45, 7) is 1.36. The van der Waals surface area contributed by atoms with Crippen molar-refractivity contribution in [2.75, 3.05) is 7.05 Å². The van der Waals surface area contributed by atoms with E-state index < -0.39 is 17.9 Å². The summed E-state index contributed by atoms with van der Waals surface area (Å²) in [7, 11) is 1.34. The Hall–Kier alpha value is -2.24. The van der Waals surface area contributed by atoms with E-state index in [0.29, 0.717) is 0 Å². The first-order valence-corrected chi connectivity index (χ1v) is 4.86. The van der Waals surface area contributed by atoms with Crippen LogP contribution in [0.5, 0.6) is 11.5 Å². The maximum absolute atomic E-state index is 11.8. The highest BCUT2D eigenvalue weighted by molar-refractivity contribution is 5.97. The van der Waals surface area contributed by atoms with E-state index in [1.807, 2.05) is 0 Å². The molecule has 0 heterocycles. The van der Waals surface area contributed by atoms with E-state index in [1.165, 1.54) is 14.0 Å². The molecule has 0 bridgehead atoms. The van der Waals surface area contributed by atoms with Crippen molar-refractivity contribution >= 4 is 11.9 Å². The molecule has 0 aliphatic rings. The minimum absolute atomic E-state index is 0.0260. The second-order valence-electron chi connectivity index (χ2n) is 3.67. The smallest absolute Gasteiger partial charge is 0.326 e. The van der Waals surface area contributed by atoms with Crippen LogP contribution in [0.15, 0.2) is 18.2 Å². The number of carboxylic acids is 1. The number of carboxylic acid groups (broad SMARTS) is 1. The standard InChI is InChI=1S/C11H13NO5/c1-6(11(16)17)12(2)10(15)7-3-8(13)5-9(14)4-7/h3-6,13-14H,1-2H3,(H,16,17). The normalized spacial score (nSPS) is 11.9. The van der Waals surface area contributed by atoms with E-state index in [4.69, 9.17) is 5.11 Å². The summed E-state index contributed by atoms with van der Waals surface area (Å²) in [5, 5.41) is 27.2. The fourth-order valence-corrected chi connectivity index (χ4v) is 1.26. The Kier molecular flexibility index (Phi) is 3.57. The zero-order chi connectivity index (χ0) is 13.2. The van der Waals surface area contributed by atoms with Crippen LogP contribution in [-0.4, -0.2) is 45.2 Å². The van der Waals surface area contributed by atoms with Crippen LogP contribution in [0.4, 0.5) is 0 Å². The van der Waals surface area contributed by atoms with Crippen molar-refractivity contribution in [3.05, 3.63) is 23.8 Å². The molecule has 0 aliphatic heterocycles. The highest BCUT2D eigenvalue weighted by Gasteiger charge is 2.23. The molecule has 6 nitrogen and oxygen atoms in total. The third-order valence-electron chi connectivity index (χ3n) is 2.41. The van der Waals surface area contributed by atoms with Gasteiger partial charge in [0.05, 0.1) is 0 Å². The summed E-state index contributed by atoms with van der Waals surface area (Å²) < 4.78 is 0. The summed E-state index contributed by atoms with van der Waals surface area (Å²) in [4.78, 5) is 23.6. The van der Waals surface area contributed by atoms with E-state index >= 15 is 0 Å². The van der Waals surface area contributed by atoms with E-state index in [0.717, 1.165) is 23.1 Å². The maximum atomic E-state index is 11.8. The molecule has 0 spiro atoms. The predicted octanol–water partition coefficient (Wildman–Crippen LogP) is 0.643. The first-order valence-electron chi connectivity index (χ1n) is 4.86. The Morgan fingerprint density at radius 1 is 1.18 bits per heavy atom. The summed E-state index contributed by atoms with van der Waals surface area (Å²) in [6.07, 6.45) is 0. The molecule has 1 aromatic carbocycles. The lowest BCUT2D eigenvalue weighted by molar-refractivity contribution is -0.141. The zero-order valence-electron chi connectivity index (χ0n) is 9.41. The molecule has 0 fully saturated rings. The second-order valence-corrected chi connectivity index (χ2v) is 3.67. The molecule has 92 valence electrons. The van der Waals surface area contributed by atoms with Crippen molar-refractivity contribution < 1.29 is 24.9 Å². The highest BCUT2D eigenvalue weighted by atomic mass is 16.4. The molecule has 0 saturated carbocycles. The van der Waals surface area contributed by atoms with Crippen LogP contribution in [0.2, 0.25) is 0 Å². The van der Waals surface area contributed by atoms with Crippen LogP contribution in [0.25, 0.3) is 0 Å². The van der Waals surface area contributed by atoms with Crippen LogP contribution in [0.3, 0.4) is 0 Å². The van der Waals surface area contributed by atoms with Crippen molar-refractivity contribution in [2.45, 2.75) is 13.0 Å². The lowest BCUT2D eigenvalue weighted by Crippen LogP contribution is -2.40. The van der Waals surface area contributed by atoms with Gasteiger partial charge in [-0.15, -0.1) is 0 Å². The molecule has 0 saturated heterocycles. The summed E-state index contributed by atoms with van der Waals surface area (Å²) >= 11 is 0. The molecular weight excluding hydrogens is 226 g/mol. The number of carbonyl (C=O) groups is 2. The van der Waals surface area contributed by atoms with E-state index in [1.54, 1.807) is 0 Å². The van der Waals surface area contributed by atoms with Crippen LogP contribution in [-0.2, 0) is 4.79 Å². The molecule has 3 N–H and O–H groups in total. The predicted molar refractivity (Wildman–Crippen MR) is 59.0 cm³/mol. The Morgan fingerprint density at radius 3 is 2.06 bits per heavy atom. The minimum atomic E-state index is -1.13. The van der Waals surface area contributed by atoms with Crippen molar-refractivity contribution in [3.63, 3.8) is 0 Å². The van der Waals surface area contributed by atoms with Crippen LogP contribution < -0.4 is 0 Å². The fraction of sp³-hybridized carbons (Fsp3) is 0.273. The van der Waals surface area contributed by atoms with Crippen molar-refractivity contribution in [1.82, 2.24) is 4.90 Å². The Labute approximate surface area is 97.7 Å². The lowest BCUT2D eigenvalue weighted by Gasteiger charge is -2.21. The highest BCUT2D eigenvalue weighted by Crippen LogP contribution is 2.21. The zero-order valence-corrected chi connectivity index (χ0v) is 9.41. The van der Waals surface area contributed by atoms with Crippen molar-refractivity contribution in [1.29, 1.82) is 0 Å². The number of amides is 1. The number of phenolic OH excluding ortho intramolecular Hbond substituents is 2. The first-order chi connectivity index (χ1) is 7.82. The molecule has 1 rings (SSSR count). The summed E-state index contributed by atoms with van der Waals surface area (Å²) in [5.74, 6) is -2.24. The number of benzene rings is 1. The number of likely N-dealkylation sites (N-methyl/N-ethyl adjacent to an activating group) is 1. The Bertz CT molecular complexity index is 437. The van der Waals surface area contributed by atoms with Gasteiger partial charge in [-0.25, -0.2) is 4.79 Å². The molecule has 1 unspecified atom stereocenters. The number of phenols is 2. The average molecular weight is 239 g/mol. The average Bonchev–Trinajstić information content (AvgIpc) is 2.24. The number of rotatable bonds is 3. The number of nitrogens with zero attached hydrogens (tertiary/aromatic N) is 1. The number of carbonyl (C=O) groups excluding carboxylic acids is 1. The van der Waals surface area contributed by atoms with Gasteiger partial charge < -0.3 is 20.2 Å². The lowest BCUT2D eigenvalue weighted by atomic mass is 10.1. The number of hydrogen-bond acceptors (Lipinski definition) is 4. The maximum Gasteiger partial charge on any atom is 0.326 e. The van der Waals surface area contributed by atoms with Gasteiger partial charge in [-0.1, -0.05) is 0 Å². The van der Waals surface area contributed by atoms with E-state index in [9.17, 15) is 19.8 Å². The molecule has 0 aromatic heterocycles. The quantitative estimate of drug-likeness (QED) is 0.719. The largest absolute Gasteiger partial charge is 0.508 e. The van der Waals surface area contributed by atoms with Gasteiger partial charge in [-0.3, -0.25) is 4.79 Å². The van der Waals surface area contributed by atoms with Crippen LogP contribution >= 0.6 is 0 Å².